The molecule has 36 heavy (non-hydrogen) atoms. The first-order valence-electron chi connectivity index (χ1n) is 11.8. The summed E-state index contributed by atoms with van der Waals surface area (Å²) >= 11 is 6.43. The van der Waals surface area contributed by atoms with Gasteiger partial charge in [0.25, 0.3) is 5.91 Å². The van der Waals surface area contributed by atoms with Crippen LogP contribution in [0.4, 0.5) is 5.95 Å². The van der Waals surface area contributed by atoms with Crippen molar-refractivity contribution in [1.29, 1.82) is 0 Å². The van der Waals surface area contributed by atoms with Crippen molar-refractivity contribution in [3.8, 4) is 11.3 Å². The van der Waals surface area contributed by atoms with Crippen LogP contribution in [-0.2, 0) is 16.1 Å². The van der Waals surface area contributed by atoms with Crippen molar-refractivity contribution in [2.75, 3.05) is 25.1 Å². The van der Waals surface area contributed by atoms with E-state index in [1.807, 2.05) is 19.1 Å². The molecule has 0 radical (unpaired) electrons. The molecule has 2 amide bonds. The summed E-state index contributed by atoms with van der Waals surface area (Å²) in [5, 5.41) is 6.61. The lowest BCUT2D eigenvalue weighted by atomic mass is 10.0. The van der Waals surface area contributed by atoms with Crippen LogP contribution in [0.15, 0.2) is 43.0 Å². The van der Waals surface area contributed by atoms with Crippen LogP contribution in [0, 0.1) is 0 Å². The fourth-order valence-corrected chi connectivity index (χ4v) is 4.57. The molecule has 2 aromatic heterocycles. The molecule has 0 aliphatic carbocycles. The number of amides is 2. The van der Waals surface area contributed by atoms with Gasteiger partial charge in [-0.1, -0.05) is 23.7 Å². The number of carbonyl (C=O) groups is 2. The Balaban J connectivity index is 1.28. The average molecular weight is 508 g/mol. The molecule has 2 aliphatic heterocycles. The Bertz CT molecular complexity index is 1270. The summed E-state index contributed by atoms with van der Waals surface area (Å²) in [5.41, 5.74) is 3.30. The van der Waals surface area contributed by atoms with Crippen LogP contribution in [0.3, 0.4) is 0 Å². The van der Waals surface area contributed by atoms with Crippen LogP contribution in [0.5, 0.6) is 0 Å². The maximum Gasteiger partial charge on any atom is 0.254 e. The van der Waals surface area contributed by atoms with Gasteiger partial charge in [-0.2, -0.15) is 0 Å². The first-order chi connectivity index (χ1) is 17.5. The van der Waals surface area contributed by atoms with Gasteiger partial charge in [-0.3, -0.25) is 19.6 Å². The van der Waals surface area contributed by atoms with Crippen LogP contribution in [0.2, 0.25) is 5.02 Å². The number of nitrogens with one attached hydrogen (secondary N) is 2. The first-order valence-corrected chi connectivity index (χ1v) is 12.2. The molecular weight excluding hydrogens is 482 g/mol. The quantitative estimate of drug-likeness (QED) is 0.500. The van der Waals surface area contributed by atoms with E-state index in [0.717, 1.165) is 18.4 Å². The van der Waals surface area contributed by atoms with Gasteiger partial charge in [0.2, 0.25) is 11.9 Å². The molecule has 186 valence electrons. The summed E-state index contributed by atoms with van der Waals surface area (Å²) in [6.45, 7) is 3.54. The lowest BCUT2D eigenvalue weighted by Crippen LogP contribution is -2.38. The summed E-state index contributed by atoms with van der Waals surface area (Å²) in [4.78, 5) is 44.4. The van der Waals surface area contributed by atoms with E-state index in [4.69, 9.17) is 16.3 Å². The SMILES string of the molecule is CC(NC(=O)CN1Cc2ccc(-c3nc(NC4CCOCC4)ncc3Cl)cc2C1=O)c1cnccn1. The molecule has 0 bridgehead atoms. The van der Waals surface area contributed by atoms with E-state index in [2.05, 4.69) is 30.6 Å². The van der Waals surface area contributed by atoms with E-state index >= 15 is 0 Å². The summed E-state index contributed by atoms with van der Waals surface area (Å²) < 4.78 is 5.41. The van der Waals surface area contributed by atoms with Crippen LogP contribution in [-0.4, -0.2) is 62.5 Å². The van der Waals surface area contributed by atoms with Gasteiger partial charge >= 0.3 is 0 Å². The minimum atomic E-state index is -0.318. The number of ether oxygens (including phenoxy) is 1. The van der Waals surface area contributed by atoms with E-state index in [1.54, 1.807) is 30.9 Å². The fraction of sp³-hybridized carbons (Fsp3) is 0.360. The zero-order valence-electron chi connectivity index (χ0n) is 19.8. The van der Waals surface area contributed by atoms with Crippen LogP contribution in [0.25, 0.3) is 11.3 Å². The number of aromatic nitrogens is 4. The molecule has 4 heterocycles. The van der Waals surface area contributed by atoms with Crippen molar-refractivity contribution < 1.29 is 14.3 Å². The Morgan fingerprint density at radius 1 is 1.22 bits per heavy atom. The zero-order chi connectivity index (χ0) is 25.1. The Labute approximate surface area is 213 Å². The van der Waals surface area contributed by atoms with E-state index in [0.29, 0.717) is 53.2 Å². The molecule has 11 heteroatoms. The van der Waals surface area contributed by atoms with E-state index in [1.165, 1.54) is 4.90 Å². The molecule has 1 unspecified atom stereocenters. The van der Waals surface area contributed by atoms with Crippen molar-refractivity contribution in [3.63, 3.8) is 0 Å². The summed E-state index contributed by atoms with van der Waals surface area (Å²) in [5.74, 6) is 0.0146. The minimum absolute atomic E-state index is 0.0547. The fourth-order valence-electron chi connectivity index (χ4n) is 4.37. The van der Waals surface area contributed by atoms with Gasteiger partial charge in [-0.15, -0.1) is 0 Å². The largest absolute Gasteiger partial charge is 0.381 e. The number of carbonyl (C=O) groups excluding carboxylic acids is 2. The Morgan fingerprint density at radius 2 is 2.06 bits per heavy atom. The summed E-state index contributed by atoms with van der Waals surface area (Å²) in [6, 6.07) is 5.47. The van der Waals surface area contributed by atoms with Gasteiger partial charge in [0.1, 0.15) is 6.54 Å². The molecule has 0 saturated carbocycles. The predicted octanol–water partition coefficient (Wildman–Crippen LogP) is 3.01. The molecular formula is C25H26ClN7O3. The number of anilines is 1. The number of hydrogen-bond donors (Lipinski definition) is 2. The first kappa shape index (κ1) is 24.1. The topological polar surface area (TPSA) is 122 Å². The van der Waals surface area contributed by atoms with Crippen molar-refractivity contribution in [2.24, 2.45) is 0 Å². The standard InChI is InChI=1S/C25H26ClN7O3/c1-15(21-12-27-6-7-28-21)30-22(34)14-33-13-17-3-2-16(10-19(17)24(33)35)23-20(26)11-29-25(32-23)31-18-4-8-36-9-5-18/h2-3,6-7,10-12,15,18H,4-5,8-9,13-14H2,1H3,(H,30,34)(H,29,31,32). The Hall–Kier alpha value is -3.63. The number of rotatable bonds is 7. The average Bonchev–Trinajstić information content (AvgIpc) is 3.20. The highest BCUT2D eigenvalue weighted by atomic mass is 35.5. The van der Waals surface area contributed by atoms with Crippen molar-refractivity contribution >= 4 is 29.4 Å². The molecule has 5 rings (SSSR count). The molecule has 1 aromatic carbocycles. The summed E-state index contributed by atoms with van der Waals surface area (Å²) in [7, 11) is 0. The van der Waals surface area contributed by atoms with Crippen LogP contribution in [0.1, 0.15) is 47.4 Å². The number of nitrogens with zero attached hydrogens (tertiary/aromatic N) is 5. The number of hydrogen-bond acceptors (Lipinski definition) is 8. The highest BCUT2D eigenvalue weighted by molar-refractivity contribution is 6.33. The van der Waals surface area contributed by atoms with E-state index in [9.17, 15) is 9.59 Å². The highest BCUT2D eigenvalue weighted by Gasteiger charge is 2.30. The third kappa shape index (κ3) is 5.29. The molecule has 1 saturated heterocycles. The van der Waals surface area contributed by atoms with Crippen LogP contribution >= 0.6 is 11.6 Å². The number of benzene rings is 1. The van der Waals surface area contributed by atoms with Crippen molar-refractivity contribution in [2.45, 2.75) is 38.4 Å². The molecule has 1 atom stereocenters. The van der Waals surface area contributed by atoms with Crippen molar-refractivity contribution in [3.05, 3.63) is 64.8 Å². The molecule has 0 spiro atoms. The smallest absolute Gasteiger partial charge is 0.254 e. The van der Waals surface area contributed by atoms with E-state index in [-0.39, 0.29) is 30.4 Å². The Kier molecular flexibility index (Phi) is 7.06. The maximum absolute atomic E-state index is 13.1. The Morgan fingerprint density at radius 3 is 2.83 bits per heavy atom. The van der Waals surface area contributed by atoms with Gasteiger partial charge in [0.15, 0.2) is 0 Å². The zero-order valence-corrected chi connectivity index (χ0v) is 20.5. The molecule has 10 nitrogen and oxygen atoms in total. The maximum atomic E-state index is 13.1. The third-order valence-corrected chi connectivity index (χ3v) is 6.58. The van der Waals surface area contributed by atoms with Gasteiger partial charge < -0.3 is 20.3 Å². The second kappa shape index (κ2) is 10.5. The van der Waals surface area contributed by atoms with Gasteiger partial charge in [0, 0.05) is 49.3 Å². The number of fused-ring (bicyclic) bond motifs is 1. The normalized spacial score (nSPS) is 16.5. The summed E-state index contributed by atoms with van der Waals surface area (Å²) in [6.07, 6.45) is 8.08. The highest BCUT2D eigenvalue weighted by Crippen LogP contribution is 2.31. The van der Waals surface area contributed by atoms with Crippen LogP contribution < -0.4 is 10.6 Å². The second-order valence-electron chi connectivity index (χ2n) is 8.87. The molecule has 2 N–H and O–H groups in total. The molecule has 1 fully saturated rings. The lowest BCUT2D eigenvalue weighted by Gasteiger charge is -2.23. The lowest BCUT2D eigenvalue weighted by molar-refractivity contribution is -0.122. The predicted molar refractivity (Wildman–Crippen MR) is 133 cm³/mol. The molecule has 3 aromatic rings. The van der Waals surface area contributed by atoms with Gasteiger partial charge in [-0.05, 0) is 31.4 Å². The van der Waals surface area contributed by atoms with Gasteiger partial charge in [-0.25, -0.2) is 9.97 Å². The second-order valence-corrected chi connectivity index (χ2v) is 9.28. The van der Waals surface area contributed by atoms with Gasteiger partial charge in [0.05, 0.1) is 34.8 Å². The molecule has 2 aliphatic rings. The minimum Gasteiger partial charge on any atom is -0.381 e. The van der Waals surface area contributed by atoms with Crippen molar-refractivity contribution in [1.82, 2.24) is 30.2 Å². The van der Waals surface area contributed by atoms with E-state index < -0.39 is 0 Å². The third-order valence-electron chi connectivity index (χ3n) is 6.30. The monoisotopic (exact) mass is 507 g/mol. The number of halogens is 1.